The van der Waals surface area contributed by atoms with E-state index in [1.807, 2.05) is 30.3 Å². The van der Waals surface area contributed by atoms with Gasteiger partial charge in [-0.1, -0.05) is 18.2 Å². The number of hydrogen-bond donors (Lipinski definition) is 1. The maximum atomic E-state index is 9.93. The third kappa shape index (κ3) is 1.11. The molecule has 1 N–H and O–H groups in total. The molecule has 1 heterocycles. The van der Waals surface area contributed by atoms with Crippen LogP contribution in [0.3, 0.4) is 0 Å². The van der Waals surface area contributed by atoms with Crippen molar-refractivity contribution in [2.45, 2.75) is 18.4 Å². The molecule has 0 bridgehead atoms. The summed E-state index contributed by atoms with van der Waals surface area (Å²) in [5.74, 6) is 0. The summed E-state index contributed by atoms with van der Waals surface area (Å²) in [6.07, 6.45) is 3.54. The normalized spacial score (nSPS) is 18.4. The minimum atomic E-state index is -0.550. The predicted octanol–water partition coefficient (Wildman–Crippen LogP) is 2.22. The predicted molar refractivity (Wildman–Crippen MR) is 54.9 cm³/mol. The van der Waals surface area contributed by atoms with Gasteiger partial charge in [-0.25, -0.2) is 0 Å². The quantitative estimate of drug-likeness (QED) is 0.739. The lowest BCUT2D eigenvalue weighted by Gasteiger charge is -2.08. The summed E-state index contributed by atoms with van der Waals surface area (Å²) in [5.41, 5.74) is 1.42. The Morgan fingerprint density at radius 2 is 2.07 bits per heavy atom. The second-order valence-corrected chi connectivity index (χ2v) is 3.94. The van der Waals surface area contributed by atoms with Crippen molar-refractivity contribution in [2.75, 3.05) is 0 Å². The maximum absolute atomic E-state index is 9.93. The molecule has 3 rings (SSSR count). The van der Waals surface area contributed by atoms with E-state index in [4.69, 9.17) is 0 Å². The lowest BCUT2D eigenvalue weighted by Crippen LogP contribution is -2.03. The summed E-state index contributed by atoms with van der Waals surface area (Å²) in [4.78, 5) is 4.27. The van der Waals surface area contributed by atoms with E-state index in [0.717, 1.165) is 29.3 Å². The molecule has 0 aliphatic heterocycles. The first-order valence-electron chi connectivity index (χ1n) is 4.86. The zero-order valence-corrected chi connectivity index (χ0v) is 7.77. The standard InChI is InChI=1S/C12H11NO/c14-12(5-6-12)10-4-3-9-2-1-7-13-11(9)8-10/h1-4,7-8,14H,5-6H2. The second kappa shape index (κ2) is 2.55. The summed E-state index contributed by atoms with van der Waals surface area (Å²) in [5, 5.41) is 11.1. The van der Waals surface area contributed by atoms with Crippen LogP contribution in [0.4, 0.5) is 0 Å². The van der Waals surface area contributed by atoms with Gasteiger partial charge in [-0.3, -0.25) is 4.98 Å². The van der Waals surface area contributed by atoms with E-state index in [0.29, 0.717) is 0 Å². The van der Waals surface area contributed by atoms with E-state index >= 15 is 0 Å². The molecule has 1 aliphatic rings. The van der Waals surface area contributed by atoms with E-state index in [-0.39, 0.29) is 0 Å². The monoisotopic (exact) mass is 185 g/mol. The van der Waals surface area contributed by atoms with E-state index in [9.17, 15) is 5.11 Å². The lowest BCUT2D eigenvalue weighted by molar-refractivity contribution is 0.151. The van der Waals surface area contributed by atoms with Crippen molar-refractivity contribution in [3.05, 3.63) is 42.1 Å². The Morgan fingerprint density at radius 3 is 2.86 bits per heavy atom. The van der Waals surface area contributed by atoms with Crippen molar-refractivity contribution < 1.29 is 5.11 Å². The van der Waals surface area contributed by atoms with Crippen LogP contribution in [0.15, 0.2) is 36.5 Å². The van der Waals surface area contributed by atoms with Crippen LogP contribution < -0.4 is 0 Å². The van der Waals surface area contributed by atoms with Gasteiger partial charge in [0.2, 0.25) is 0 Å². The molecular weight excluding hydrogens is 174 g/mol. The minimum absolute atomic E-state index is 0.550. The molecule has 1 fully saturated rings. The minimum Gasteiger partial charge on any atom is -0.385 e. The third-order valence-corrected chi connectivity index (χ3v) is 2.87. The van der Waals surface area contributed by atoms with Crippen LogP contribution in [0.25, 0.3) is 10.9 Å². The third-order valence-electron chi connectivity index (χ3n) is 2.87. The number of rotatable bonds is 1. The van der Waals surface area contributed by atoms with Crippen LogP contribution in [0.5, 0.6) is 0 Å². The van der Waals surface area contributed by atoms with Gasteiger partial charge < -0.3 is 5.11 Å². The van der Waals surface area contributed by atoms with Gasteiger partial charge in [0.25, 0.3) is 0 Å². The molecule has 1 aliphatic carbocycles. The fourth-order valence-electron chi connectivity index (χ4n) is 1.76. The average Bonchev–Trinajstić information content (AvgIpc) is 2.97. The molecule has 0 amide bonds. The van der Waals surface area contributed by atoms with Crippen LogP contribution in [-0.4, -0.2) is 10.1 Å². The second-order valence-electron chi connectivity index (χ2n) is 3.94. The van der Waals surface area contributed by atoms with Crippen molar-refractivity contribution in [3.63, 3.8) is 0 Å². The number of aromatic nitrogens is 1. The molecular formula is C12H11NO. The molecule has 1 aromatic heterocycles. The van der Waals surface area contributed by atoms with Gasteiger partial charge in [0.05, 0.1) is 11.1 Å². The maximum Gasteiger partial charge on any atom is 0.0899 e. The summed E-state index contributed by atoms with van der Waals surface area (Å²) >= 11 is 0. The highest BCUT2D eigenvalue weighted by atomic mass is 16.3. The number of pyridine rings is 1. The van der Waals surface area contributed by atoms with E-state index < -0.39 is 5.60 Å². The Bertz CT molecular complexity index is 488. The number of fused-ring (bicyclic) bond motifs is 1. The highest BCUT2D eigenvalue weighted by molar-refractivity contribution is 5.79. The van der Waals surface area contributed by atoms with Crippen molar-refractivity contribution in [3.8, 4) is 0 Å². The highest BCUT2D eigenvalue weighted by Gasteiger charge is 2.42. The van der Waals surface area contributed by atoms with Gasteiger partial charge >= 0.3 is 0 Å². The smallest absolute Gasteiger partial charge is 0.0899 e. The summed E-state index contributed by atoms with van der Waals surface area (Å²) in [7, 11) is 0. The molecule has 1 saturated carbocycles. The Balaban J connectivity index is 2.20. The number of hydrogen-bond acceptors (Lipinski definition) is 2. The molecule has 0 radical (unpaired) electrons. The zero-order chi connectivity index (χ0) is 9.60. The SMILES string of the molecule is OC1(c2ccc3cccnc3c2)CC1. The first kappa shape index (κ1) is 7.94. The van der Waals surface area contributed by atoms with Crippen molar-refractivity contribution in [1.29, 1.82) is 0 Å². The number of aliphatic hydroxyl groups is 1. The van der Waals surface area contributed by atoms with Crippen LogP contribution >= 0.6 is 0 Å². The van der Waals surface area contributed by atoms with Crippen molar-refractivity contribution >= 4 is 10.9 Å². The lowest BCUT2D eigenvalue weighted by atomic mass is 10.1. The molecule has 70 valence electrons. The molecule has 2 aromatic rings. The van der Waals surface area contributed by atoms with Crippen LogP contribution in [0.1, 0.15) is 18.4 Å². The topological polar surface area (TPSA) is 33.1 Å². The summed E-state index contributed by atoms with van der Waals surface area (Å²) in [6, 6.07) is 9.96. The first-order valence-corrected chi connectivity index (χ1v) is 4.86. The van der Waals surface area contributed by atoms with E-state index in [1.54, 1.807) is 6.20 Å². The Morgan fingerprint density at radius 1 is 1.21 bits per heavy atom. The Hall–Kier alpha value is -1.41. The number of benzene rings is 1. The van der Waals surface area contributed by atoms with Gasteiger partial charge in [-0.15, -0.1) is 0 Å². The van der Waals surface area contributed by atoms with Crippen molar-refractivity contribution in [2.24, 2.45) is 0 Å². The van der Waals surface area contributed by atoms with Gasteiger partial charge in [0.1, 0.15) is 0 Å². The Kier molecular flexibility index (Phi) is 1.45. The Labute approximate surface area is 82.2 Å². The molecule has 2 nitrogen and oxygen atoms in total. The highest BCUT2D eigenvalue weighted by Crippen LogP contribution is 2.45. The molecule has 0 unspecified atom stereocenters. The molecule has 0 saturated heterocycles. The van der Waals surface area contributed by atoms with Crippen molar-refractivity contribution in [1.82, 2.24) is 4.98 Å². The molecule has 0 atom stereocenters. The van der Waals surface area contributed by atoms with Gasteiger partial charge in [-0.2, -0.15) is 0 Å². The molecule has 0 spiro atoms. The zero-order valence-electron chi connectivity index (χ0n) is 7.77. The van der Waals surface area contributed by atoms with Gasteiger partial charge in [0.15, 0.2) is 0 Å². The largest absolute Gasteiger partial charge is 0.385 e. The molecule has 1 aromatic carbocycles. The average molecular weight is 185 g/mol. The fourth-order valence-corrected chi connectivity index (χ4v) is 1.76. The summed E-state index contributed by atoms with van der Waals surface area (Å²) < 4.78 is 0. The molecule has 2 heteroatoms. The van der Waals surface area contributed by atoms with Gasteiger partial charge in [0, 0.05) is 11.6 Å². The van der Waals surface area contributed by atoms with Crippen LogP contribution in [-0.2, 0) is 5.60 Å². The van der Waals surface area contributed by atoms with E-state index in [2.05, 4.69) is 4.98 Å². The van der Waals surface area contributed by atoms with Crippen LogP contribution in [0.2, 0.25) is 0 Å². The molecule has 14 heavy (non-hydrogen) atoms. The summed E-state index contributed by atoms with van der Waals surface area (Å²) in [6.45, 7) is 0. The fraction of sp³-hybridized carbons (Fsp3) is 0.250. The number of nitrogens with zero attached hydrogens (tertiary/aromatic N) is 1. The first-order chi connectivity index (χ1) is 6.78. The van der Waals surface area contributed by atoms with Gasteiger partial charge in [-0.05, 0) is 30.5 Å². The van der Waals surface area contributed by atoms with E-state index in [1.165, 1.54) is 0 Å². The van der Waals surface area contributed by atoms with Crippen LogP contribution in [0, 0.1) is 0 Å².